The molecule has 0 saturated carbocycles. The Morgan fingerprint density at radius 3 is 2.58 bits per heavy atom. The maximum absolute atomic E-state index is 10.8. The Bertz CT molecular complexity index is 213. The Morgan fingerprint density at radius 2 is 2.33 bits per heavy atom. The third-order valence-corrected chi connectivity index (χ3v) is 2.10. The minimum absolute atomic E-state index is 0.198. The molecule has 0 aliphatic rings. The number of aliphatic imine (C=N–C) groups is 1. The Hall–Kier alpha value is -0.970. The largest absolute Gasteiger partial charge is 0.381 e. The van der Waals surface area contributed by atoms with Crippen molar-refractivity contribution in [2.24, 2.45) is 10.7 Å². The van der Waals surface area contributed by atoms with E-state index in [2.05, 4.69) is 17.0 Å². The maximum Gasteiger partial charge on any atom is 0.269 e. The molecule has 1 amide bonds. The van der Waals surface area contributed by atoms with Crippen molar-refractivity contribution >= 4 is 24.4 Å². The van der Waals surface area contributed by atoms with Gasteiger partial charge in [-0.05, 0) is 12.5 Å². The van der Waals surface area contributed by atoms with Gasteiger partial charge in [-0.15, -0.1) is 11.8 Å². The van der Waals surface area contributed by atoms with Gasteiger partial charge in [0.2, 0.25) is 0 Å². The molecule has 0 bridgehead atoms. The maximum atomic E-state index is 10.8. The second kappa shape index (κ2) is 5.65. The number of hydrogen-bond donors (Lipinski definition) is 2. The molecule has 0 aliphatic heterocycles. The van der Waals surface area contributed by atoms with Crippen molar-refractivity contribution in [1.82, 2.24) is 5.32 Å². The number of nitrogens with one attached hydrogen (secondary N) is 1. The molecular formula is C7H13N3OS. The van der Waals surface area contributed by atoms with Crippen molar-refractivity contribution in [3.05, 3.63) is 10.7 Å². The molecule has 0 aromatic heterocycles. The average molecular weight is 187 g/mol. The summed E-state index contributed by atoms with van der Waals surface area (Å²) in [6, 6.07) is 0. The molecule has 0 saturated heterocycles. The topological polar surface area (TPSA) is 67.5 Å². The number of hydrogen-bond acceptors (Lipinski definition) is 4. The number of carbonyl (C=O) groups is 1. The molecule has 4 nitrogen and oxygen atoms in total. The van der Waals surface area contributed by atoms with Crippen molar-refractivity contribution in [1.29, 1.82) is 0 Å². The van der Waals surface area contributed by atoms with E-state index in [0.29, 0.717) is 5.03 Å². The molecule has 0 aromatic rings. The van der Waals surface area contributed by atoms with Crippen LogP contribution in [0.3, 0.4) is 0 Å². The van der Waals surface area contributed by atoms with Gasteiger partial charge < -0.3 is 11.1 Å². The fraction of sp³-hybridized carbons (Fsp3) is 0.429. The first kappa shape index (κ1) is 11.0. The Labute approximate surface area is 76.3 Å². The van der Waals surface area contributed by atoms with Crippen LogP contribution >= 0.6 is 11.8 Å². The Morgan fingerprint density at radius 1 is 1.75 bits per heavy atom. The van der Waals surface area contributed by atoms with E-state index in [0.717, 1.165) is 5.75 Å². The van der Waals surface area contributed by atoms with Crippen LogP contribution in [0.5, 0.6) is 0 Å². The van der Waals surface area contributed by atoms with E-state index >= 15 is 0 Å². The zero-order chi connectivity index (χ0) is 9.56. The van der Waals surface area contributed by atoms with Crippen molar-refractivity contribution in [3.8, 4) is 0 Å². The van der Waals surface area contributed by atoms with Crippen LogP contribution in [0.15, 0.2) is 15.7 Å². The predicted octanol–water partition coefficient (Wildman–Crippen LogP) is 0.314. The molecule has 12 heavy (non-hydrogen) atoms. The Balaban J connectivity index is 4.73. The first-order valence-electron chi connectivity index (χ1n) is 3.48. The van der Waals surface area contributed by atoms with Crippen LogP contribution in [0.4, 0.5) is 0 Å². The smallest absolute Gasteiger partial charge is 0.269 e. The second-order valence-electron chi connectivity index (χ2n) is 1.88. The molecule has 68 valence electrons. The number of nitrogens with zero attached hydrogens (tertiary/aromatic N) is 1. The minimum atomic E-state index is -0.560. The van der Waals surface area contributed by atoms with Crippen LogP contribution < -0.4 is 11.1 Å². The monoisotopic (exact) mass is 187 g/mol. The van der Waals surface area contributed by atoms with E-state index in [1.165, 1.54) is 11.8 Å². The van der Waals surface area contributed by atoms with E-state index in [-0.39, 0.29) is 5.70 Å². The lowest BCUT2D eigenvalue weighted by atomic mass is 10.4. The summed E-state index contributed by atoms with van der Waals surface area (Å²) >= 11 is 1.47. The summed E-state index contributed by atoms with van der Waals surface area (Å²) in [6.07, 6.45) is 0. The normalized spacial score (nSPS) is 11.8. The van der Waals surface area contributed by atoms with Gasteiger partial charge in [0, 0.05) is 7.05 Å². The highest BCUT2D eigenvalue weighted by Gasteiger charge is 2.08. The highest BCUT2D eigenvalue weighted by molar-refractivity contribution is 8.03. The fourth-order valence-corrected chi connectivity index (χ4v) is 1.40. The molecule has 0 heterocycles. The average Bonchev–Trinajstić information content (AvgIpc) is 2.03. The third kappa shape index (κ3) is 2.96. The van der Waals surface area contributed by atoms with Crippen LogP contribution in [-0.4, -0.2) is 25.4 Å². The third-order valence-electron chi connectivity index (χ3n) is 1.12. The number of amides is 1. The van der Waals surface area contributed by atoms with Gasteiger partial charge >= 0.3 is 0 Å². The van der Waals surface area contributed by atoms with Gasteiger partial charge in [-0.3, -0.25) is 9.79 Å². The number of carbonyl (C=O) groups excluding carboxylic acids is 1. The Kier molecular flexibility index (Phi) is 5.19. The van der Waals surface area contributed by atoms with Crippen LogP contribution in [0.25, 0.3) is 0 Å². The highest BCUT2D eigenvalue weighted by Crippen LogP contribution is 2.16. The first-order valence-corrected chi connectivity index (χ1v) is 4.47. The molecule has 3 N–H and O–H groups in total. The van der Waals surface area contributed by atoms with E-state index in [9.17, 15) is 4.79 Å². The summed E-state index contributed by atoms with van der Waals surface area (Å²) < 4.78 is 0. The van der Waals surface area contributed by atoms with E-state index in [1.807, 2.05) is 6.92 Å². The van der Waals surface area contributed by atoms with Crippen LogP contribution in [-0.2, 0) is 4.79 Å². The lowest BCUT2D eigenvalue weighted by molar-refractivity contribution is -0.114. The number of primary amides is 1. The molecule has 5 heteroatoms. The lowest BCUT2D eigenvalue weighted by Gasteiger charge is -2.06. The zero-order valence-corrected chi connectivity index (χ0v) is 8.07. The molecular weight excluding hydrogens is 174 g/mol. The van der Waals surface area contributed by atoms with Gasteiger partial charge in [0.05, 0.1) is 5.03 Å². The van der Waals surface area contributed by atoms with Crippen molar-refractivity contribution in [2.45, 2.75) is 6.92 Å². The lowest BCUT2D eigenvalue weighted by Crippen LogP contribution is -2.18. The summed E-state index contributed by atoms with van der Waals surface area (Å²) in [4.78, 5) is 14.3. The van der Waals surface area contributed by atoms with Gasteiger partial charge in [0.25, 0.3) is 5.91 Å². The minimum Gasteiger partial charge on any atom is -0.381 e. The van der Waals surface area contributed by atoms with E-state index in [1.54, 1.807) is 7.05 Å². The zero-order valence-electron chi connectivity index (χ0n) is 7.26. The van der Waals surface area contributed by atoms with Gasteiger partial charge in [0.1, 0.15) is 0 Å². The standard InChI is InChI=1S/C7H13N3OS/c1-4-12-7(10-3)5(9-2)6(8)11/h10H,2,4H2,1,3H3,(H2,8,11)/b7-5-. The highest BCUT2D eigenvalue weighted by atomic mass is 32.2. The molecule has 0 aliphatic carbocycles. The molecule has 0 aromatic carbocycles. The molecule has 0 rings (SSSR count). The summed E-state index contributed by atoms with van der Waals surface area (Å²) in [6.45, 7) is 5.25. The van der Waals surface area contributed by atoms with Gasteiger partial charge in [0.15, 0.2) is 5.70 Å². The first-order chi connectivity index (χ1) is 5.67. The summed E-state index contributed by atoms with van der Waals surface area (Å²) in [5.74, 6) is 0.290. The predicted molar refractivity (Wildman–Crippen MR) is 53.0 cm³/mol. The summed E-state index contributed by atoms with van der Waals surface area (Å²) in [5, 5.41) is 3.51. The molecule has 0 radical (unpaired) electrons. The van der Waals surface area contributed by atoms with Crippen LogP contribution in [0.1, 0.15) is 6.92 Å². The molecule has 0 unspecified atom stereocenters. The fourth-order valence-electron chi connectivity index (χ4n) is 0.665. The molecule has 0 fully saturated rings. The van der Waals surface area contributed by atoms with Crippen molar-refractivity contribution in [3.63, 3.8) is 0 Å². The molecule has 0 spiro atoms. The number of rotatable bonds is 5. The van der Waals surface area contributed by atoms with Crippen LogP contribution in [0, 0.1) is 0 Å². The van der Waals surface area contributed by atoms with Crippen LogP contribution in [0.2, 0.25) is 0 Å². The van der Waals surface area contributed by atoms with Crippen molar-refractivity contribution < 1.29 is 4.79 Å². The summed E-state index contributed by atoms with van der Waals surface area (Å²) in [7, 11) is 1.71. The second-order valence-corrected chi connectivity index (χ2v) is 3.16. The van der Waals surface area contributed by atoms with E-state index in [4.69, 9.17) is 5.73 Å². The van der Waals surface area contributed by atoms with E-state index < -0.39 is 5.91 Å². The van der Waals surface area contributed by atoms with Crippen molar-refractivity contribution in [2.75, 3.05) is 12.8 Å². The van der Waals surface area contributed by atoms with Gasteiger partial charge in [-0.25, -0.2) is 0 Å². The number of nitrogens with two attached hydrogens (primary N) is 1. The van der Waals surface area contributed by atoms with Gasteiger partial charge in [-0.1, -0.05) is 6.92 Å². The number of thioether (sulfide) groups is 1. The van der Waals surface area contributed by atoms with Gasteiger partial charge in [-0.2, -0.15) is 0 Å². The SMILES string of the molecule is C=N/C(C(N)=O)=C(/NC)SCC. The summed E-state index contributed by atoms with van der Waals surface area (Å²) in [5.41, 5.74) is 5.27. The molecule has 0 atom stereocenters. The quantitative estimate of drug-likeness (QED) is 0.481.